The fourth-order valence-electron chi connectivity index (χ4n) is 5.46. The molecule has 3 nitrogen and oxygen atoms in total. The molecule has 0 bridgehead atoms. The average molecular weight is 357 g/mol. The van der Waals surface area contributed by atoms with Gasteiger partial charge in [0.25, 0.3) is 0 Å². The summed E-state index contributed by atoms with van der Waals surface area (Å²) in [5.41, 5.74) is 1.32. The van der Waals surface area contributed by atoms with E-state index in [0.717, 1.165) is 16.5 Å². The summed E-state index contributed by atoms with van der Waals surface area (Å²) in [6.45, 7) is 14.3. The fraction of sp³-hybridized carbons (Fsp3) is 0.476. The molecule has 4 heteroatoms. The van der Waals surface area contributed by atoms with Crippen LogP contribution in [0.15, 0.2) is 42.0 Å². The first kappa shape index (κ1) is 16.9. The number of aromatic amines is 1. The number of H-pyrrole nitrogens is 1. The Hall–Kier alpha value is -1.58. The van der Waals surface area contributed by atoms with Crippen molar-refractivity contribution in [3.8, 4) is 0 Å². The average Bonchev–Trinajstić information content (AvgIpc) is 3.02. The SMILES string of the molecule is C=CC1(C)C(Cl)CC2C(C)(C)c3cccc4[nH]cc(c34)C2(O)C1N=C. The van der Waals surface area contributed by atoms with Crippen LogP contribution in [0.3, 0.4) is 0 Å². The maximum absolute atomic E-state index is 12.2. The normalized spacial score (nSPS) is 39.0. The largest absolute Gasteiger partial charge is 0.382 e. The molecule has 4 rings (SSSR count). The van der Waals surface area contributed by atoms with Crippen LogP contribution < -0.4 is 0 Å². The highest BCUT2D eigenvalue weighted by Gasteiger charge is 2.64. The molecule has 0 radical (unpaired) electrons. The van der Waals surface area contributed by atoms with Gasteiger partial charge in [0.15, 0.2) is 0 Å². The molecule has 0 aliphatic heterocycles. The van der Waals surface area contributed by atoms with Gasteiger partial charge in [0.1, 0.15) is 5.60 Å². The highest BCUT2D eigenvalue weighted by Crippen LogP contribution is 2.62. The summed E-state index contributed by atoms with van der Waals surface area (Å²) < 4.78 is 0. The van der Waals surface area contributed by atoms with E-state index < -0.39 is 17.1 Å². The van der Waals surface area contributed by atoms with Crippen molar-refractivity contribution in [3.05, 3.63) is 48.2 Å². The second kappa shape index (κ2) is 4.99. The number of aliphatic imine (C=N–C) groups is 1. The summed E-state index contributed by atoms with van der Waals surface area (Å²) in [5, 5.41) is 13.1. The van der Waals surface area contributed by atoms with Gasteiger partial charge in [-0.25, -0.2) is 0 Å². The van der Waals surface area contributed by atoms with Crippen molar-refractivity contribution in [2.24, 2.45) is 16.3 Å². The number of rotatable bonds is 2. The van der Waals surface area contributed by atoms with Gasteiger partial charge in [0, 0.05) is 39.4 Å². The van der Waals surface area contributed by atoms with Crippen LogP contribution in [0, 0.1) is 11.3 Å². The Morgan fingerprint density at radius 3 is 2.68 bits per heavy atom. The van der Waals surface area contributed by atoms with Crippen molar-refractivity contribution in [1.82, 2.24) is 4.98 Å². The van der Waals surface area contributed by atoms with E-state index in [1.54, 1.807) is 0 Å². The first-order valence-electron chi connectivity index (χ1n) is 8.79. The van der Waals surface area contributed by atoms with E-state index in [2.05, 4.69) is 55.3 Å². The number of aromatic nitrogens is 1. The first-order chi connectivity index (χ1) is 11.7. The Bertz CT molecular complexity index is 885. The standard InChI is InChI=1S/C21H25ClN2O/c1-6-20(4)16(22)10-15-19(2,3)12-8-7-9-14-17(12)13(11-24-14)21(15,25)18(20)23-5/h6-9,11,15-16,18,24-25H,1,5,10H2,2-4H3. The predicted octanol–water partition coefficient (Wildman–Crippen LogP) is 4.54. The number of nitrogens with zero attached hydrogens (tertiary/aromatic N) is 1. The summed E-state index contributed by atoms with van der Waals surface area (Å²) in [6, 6.07) is 5.84. The number of alkyl halides is 1. The van der Waals surface area contributed by atoms with E-state index in [1.165, 1.54) is 5.56 Å². The van der Waals surface area contributed by atoms with Crippen LogP contribution in [-0.2, 0) is 11.0 Å². The molecule has 5 unspecified atom stereocenters. The minimum absolute atomic E-state index is 0.0556. The van der Waals surface area contributed by atoms with Crippen LogP contribution in [0.4, 0.5) is 0 Å². The lowest BCUT2D eigenvalue weighted by atomic mass is 9.49. The molecule has 2 aliphatic rings. The molecule has 1 aromatic carbocycles. The fourth-order valence-corrected chi connectivity index (χ4v) is 5.84. The van der Waals surface area contributed by atoms with Crippen molar-refractivity contribution in [3.63, 3.8) is 0 Å². The highest BCUT2D eigenvalue weighted by molar-refractivity contribution is 6.21. The van der Waals surface area contributed by atoms with Gasteiger partial charge in [-0.15, -0.1) is 18.2 Å². The Labute approximate surface area is 153 Å². The summed E-state index contributed by atoms with van der Waals surface area (Å²) in [4.78, 5) is 7.75. The van der Waals surface area contributed by atoms with Gasteiger partial charge in [-0.2, -0.15) is 0 Å². The molecule has 1 aromatic heterocycles. The lowest BCUT2D eigenvalue weighted by molar-refractivity contribution is -0.125. The molecule has 1 saturated carbocycles. The number of aliphatic hydroxyl groups is 1. The second-order valence-corrected chi connectivity index (χ2v) is 8.92. The van der Waals surface area contributed by atoms with E-state index in [1.807, 2.05) is 19.2 Å². The van der Waals surface area contributed by atoms with Crippen LogP contribution >= 0.6 is 11.6 Å². The molecule has 0 spiro atoms. The summed E-state index contributed by atoms with van der Waals surface area (Å²) in [5.74, 6) is -0.0556. The van der Waals surface area contributed by atoms with Gasteiger partial charge in [-0.3, -0.25) is 4.99 Å². The molecule has 0 saturated heterocycles. The van der Waals surface area contributed by atoms with Gasteiger partial charge >= 0.3 is 0 Å². The lowest BCUT2D eigenvalue weighted by Gasteiger charge is -2.60. The predicted molar refractivity (Wildman–Crippen MR) is 105 cm³/mol. The lowest BCUT2D eigenvalue weighted by Crippen LogP contribution is -2.64. The van der Waals surface area contributed by atoms with E-state index in [0.29, 0.717) is 6.42 Å². The third-order valence-electron chi connectivity index (χ3n) is 6.98. The summed E-state index contributed by atoms with van der Waals surface area (Å²) >= 11 is 6.83. The molecule has 5 atom stereocenters. The molecule has 132 valence electrons. The van der Waals surface area contributed by atoms with Crippen LogP contribution in [0.5, 0.6) is 0 Å². The number of nitrogens with one attached hydrogen (secondary N) is 1. The highest BCUT2D eigenvalue weighted by atomic mass is 35.5. The van der Waals surface area contributed by atoms with Gasteiger partial charge in [-0.05, 0) is 30.2 Å². The molecule has 2 N–H and O–H groups in total. The van der Waals surface area contributed by atoms with E-state index >= 15 is 0 Å². The van der Waals surface area contributed by atoms with Crippen LogP contribution in [0.25, 0.3) is 10.9 Å². The molecular weight excluding hydrogens is 332 g/mol. The van der Waals surface area contributed by atoms with E-state index in [-0.39, 0.29) is 16.7 Å². The minimum Gasteiger partial charge on any atom is -0.382 e. The molecule has 1 fully saturated rings. The molecule has 25 heavy (non-hydrogen) atoms. The van der Waals surface area contributed by atoms with Crippen molar-refractivity contribution in [1.29, 1.82) is 0 Å². The maximum Gasteiger partial charge on any atom is 0.118 e. The Morgan fingerprint density at radius 1 is 1.32 bits per heavy atom. The quantitative estimate of drug-likeness (QED) is 0.463. The Kier molecular flexibility index (Phi) is 3.36. The van der Waals surface area contributed by atoms with E-state index in [9.17, 15) is 5.11 Å². The Balaban J connectivity index is 2.10. The maximum atomic E-state index is 12.2. The molecule has 2 aromatic rings. The van der Waals surface area contributed by atoms with E-state index in [4.69, 9.17) is 11.6 Å². The van der Waals surface area contributed by atoms with Gasteiger partial charge < -0.3 is 10.1 Å². The topological polar surface area (TPSA) is 48.4 Å². The Morgan fingerprint density at radius 2 is 2.04 bits per heavy atom. The zero-order valence-corrected chi connectivity index (χ0v) is 15.8. The van der Waals surface area contributed by atoms with Gasteiger partial charge in [0.05, 0.1) is 6.04 Å². The number of benzene rings is 1. The summed E-state index contributed by atoms with van der Waals surface area (Å²) in [6.07, 6.45) is 4.48. The van der Waals surface area contributed by atoms with Crippen molar-refractivity contribution < 1.29 is 5.11 Å². The van der Waals surface area contributed by atoms with Gasteiger partial charge in [0.2, 0.25) is 0 Å². The summed E-state index contributed by atoms with van der Waals surface area (Å²) in [7, 11) is 0. The second-order valence-electron chi connectivity index (χ2n) is 8.39. The van der Waals surface area contributed by atoms with Crippen molar-refractivity contribution in [2.75, 3.05) is 0 Å². The van der Waals surface area contributed by atoms with Crippen molar-refractivity contribution in [2.45, 2.75) is 49.6 Å². The molecule has 2 aliphatic carbocycles. The van der Waals surface area contributed by atoms with Crippen molar-refractivity contribution >= 4 is 29.2 Å². The van der Waals surface area contributed by atoms with Crippen LogP contribution in [0.1, 0.15) is 38.3 Å². The van der Waals surface area contributed by atoms with Gasteiger partial charge in [-0.1, -0.05) is 39.0 Å². The number of hydrogen-bond donors (Lipinski definition) is 2. The third kappa shape index (κ3) is 1.78. The zero-order chi connectivity index (χ0) is 18.2. The monoisotopic (exact) mass is 356 g/mol. The zero-order valence-electron chi connectivity index (χ0n) is 15.0. The minimum atomic E-state index is -1.13. The smallest absolute Gasteiger partial charge is 0.118 e. The molecular formula is C21H25ClN2O. The van der Waals surface area contributed by atoms with Crippen LogP contribution in [-0.4, -0.2) is 28.2 Å². The number of halogens is 1. The molecule has 0 amide bonds. The third-order valence-corrected chi connectivity index (χ3v) is 7.63. The van der Waals surface area contributed by atoms with Crippen LogP contribution in [0.2, 0.25) is 0 Å². The molecule has 1 heterocycles. The number of fused-ring (bicyclic) bond motifs is 2. The first-order valence-corrected chi connectivity index (χ1v) is 9.23. The number of hydrogen-bond acceptors (Lipinski definition) is 2.